The number of nitrogens with zero attached hydrogens (tertiary/aromatic N) is 3. The number of carbonyl (C=O) groups is 1. The second-order valence-electron chi connectivity index (χ2n) is 6.19. The number of thiazole rings is 1. The number of benzene rings is 2. The van der Waals surface area contributed by atoms with Crippen molar-refractivity contribution in [3.8, 4) is 11.3 Å². The fourth-order valence-electron chi connectivity index (χ4n) is 2.85. The minimum Gasteiger partial charge on any atom is -0.300 e. The van der Waals surface area contributed by atoms with Gasteiger partial charge in [0.1, 0.15) is 0 Å². The monoisotopic (exact) mass is 374 g/mol. The van der Waals surface area contributed by atoms with Crippen LogP contribution in [0.25, 0.3) is 11.3 Å². The Kier molecular flexibility index (Phi) is 4.80. The van der Waals surface area contributed by atoms with Gasteiger partial charge in [-0.25, -0.2) is 4.98 Å². The number of aromatic nitrogens is 3. The maximum absolute atomic E-state index is 13.0. The van der Waals surface area contributed by atoms with E-state index in [0.717, 1.165) is 16.8 Å². The van der Waals surface area contributed by atoms with Gasteiger partial charge in [0, 0.05) is 23.3 Å². The van der Waals surface area contributed by atoms with Gasteiger partial charge in [0.05, 0.1) is 5.69 Å². The zero-order valence-corrected chi connectivity index (χ0v) is 15.6. The molecule has 6 heteroatoms. The molecule has 0 radical (unpaired) electrons. The molecule has 4 aromatic rings. The molecule has 1 N–H and O–H groups in total. The number of anilines is 1. The Morgan fingerprint density at radius 2 is 1.85 bits per heavy atom. The first-order valence-corrected chi connectivity index (χ1v) is 9.46. The molecule has 0 spiro atoms. The van der Waals surface area contributed by atoms with Crippen molar-refractivity contribution in [2.75, 3.05) is 5.32 Å². The molecule has 2 heterocycles. The average molecular weight is 374 g/mol. The molecular formula is C21H18N4OS. The summed E-state index contributed by atoms with van der Waals surface area (Å²) in [7, 11) is 0. The van der Waals surface area contributed by atoms with Crippen LogP contribution in [-0.4, -0.2) is 20.7 Å². The first-order valence-electron chi connectivity index (χ1n) is 8.58. The second-order valence-corrected chi connectivity index (χ2v) is 7.05. The van der Waals surface area contributed by atoms with E-state index in [1.165, 1.54) is 16.9 Å². The molecule has 5 nitrogen and oxygen atoms in total. The van der Waals surface area contributed by atoms with Crippen molar-refractivity contribution in [1.82, 2.24) is 14.8 Å². The van der Waals surface area contributed by atoms with Crippen LogP contribution in [0, 0.1) is 6.92 Å². The van der Waals surface area contributed by atoms with E-state index in [9.17, 15) is 4.79 Å². The van der Waals surface area contributed by atoms with Crippen LogP contribution < -0.4 is 5.32 Å². The van der Waals surface area contributed by atoms with Gasteiger partial charge in [-0.1, -0.05) is 60.2 Å². The summed E-state index contributed by atoms with van der Waals surface area (Å²) in [6.07, 6.45) is 3.46. The van der Waals surface area contributed by atoms with Crippen LogP contribution in [-0.2, 0) is 4.79 Å². The van der Waals surface area contributed by atoms with Gasteiger partial charge in [-0.2, -0.15) is 5.10 Å². The summed E-state index contributed by atoms with van der Waals surface area (Å²) in [4.78, 5) is 17.6. The fourth-order valence-corrected chi connectivity index (χ4v) is 3.58. The molecule has 0 fully saturated rings. The zero-order chi connectivity index (χ0) is 18.6. The normalized spacial score (nSPS) is 11.9. The predicted molar refractivity (Wildman–Crippen MR) is 108 cm³/mol. The third kappa shape index (κ3) is 3.80. The van der Waals surface area contributed by atoms with Crippen LogP contribution in [0.1, 0.15) is 17.2 Å². The Hall–Kier alpha value is -3.25. The van der Waals surface area contributed by atoms with Crippen LogP contribution in [0.4, 0.5) is 5.13 Å². The molecule has 1 unspecified atom stereocenters. The first-order chi connectivity index (χ1) is 13.2. The molecular weight excluding hydrogens is 356 g/mol. The van der Waals surface area contributed by atoms with Crippen molar-refractivity contribution in [2.24, 2.45) is 0 Å². The van der Waals surface area contributed by atoms with E-state index >= 15 is 0 Å². The molecule has 2 aromatic heterocycles. The van der Waals surface area contributed by atoms with Gasteiger partial charge in [0.2, 0.25) is 0 Å². The quantitative estimate of drug-likeness (QED) is 0.558. The molecule has 0 aliphatic rings. The minimum atomic E-state index is -0.548. The van der Waals surface area contributed by atoms with Crippen molar-refractivity contribution in [3.05, 3.63) is 89.6 Å². The Labute approximate surface area is 161 Å². The number of carbonyl (C=O) groups excluding carboxylic acids is 1. The van der Waals surface area contributed by atoms with E-state index in [1.807, 2.05) is 53.9 Å². The van der Waals surface area contributed by atoms with E-state index in [0.29, 0.717) is 5.13 Å². The highest BCUT2D eigenvalue weighted by molar-refractivity contribution is 7.14. The SMILES string of the molecule is Cc1ccc(-c2csc(NC(=O)C(c3ccccc3)n3cccn3)n2)cc1. The van der Waals surface area contributed by atoms with E-state index in [4.69, 9.17) is 0 Å². The Morgan fingerprint density at radius 1 is 1.07 bits per heavy atom. The number of amides is 1. The lowest BCUT2D eigenvalue weighted by Gasteiger charge is -2.16. The lowest BCUT2D eigenvalue weighted by atomic mass is 10.1. The molecule has 134 valence electrons. The number of aryl methyl sites for hydroxylation is 1. The molecule has 0 aliphatic carbocycles. The van der Waals surface area contributed by atoms with Gasteiger partial charge in [-0.3, -0.25) is 14.8 Å². The van der Waals surface area contributed by atoms with Crippen LogP contribution >= 0.6 is 11.3 Å². The predicted octanol–water partition coefficient (Wildman–Crippen LogP) is 4.54. The summed E-state index contributed by atoms with van der Waals surface area (Å²) >= 11 is 1.41. The van der Waals surface area contributed by atoms with Crippen molar-refractivity contribution < 1.29 is 4.79 Å². The van der Waals surface area contributed by atoms with Crippen LogP contribution in [0.2, 0.25) is 0 Å². The third-order valence-electron chi connectivity index (χ3n) is 4.23. The van der Waals surface area contributed by atoms with Gasteiger partial charge < -0.3 is 0 Å². The maximum atomic E-state index is 13.0. The second kappa shape index (κ2) is 7.55. The lowest BCUT2D eigenvalue weighted by molar-refractivity contribution is -0.118. The lowest BCUT2D eigenvalue weighted by Crippen LogP contribution is -2.27. The smallest absolute Gasteiger partial charge is 0.255 e. The van der Waals surface area contributed by atoms with Crippen LogP contribution in [0.5, 0.6) is 0 Å². The first kappa shape index (κ1) is 17.2. The number of hydrogen-bond acceptors (Lipinski definition) is 4. The van der Waals surface area contributed by atoms with Gasteiger partial charge in [0.15, 0.2) is 11.2 Å². The van der Waals surface area contributed by atoms with Gasteiger partial charge in [-0.05, 0) is 18.6 Å². The molecule has 4 rings (SSSR count). The van der Waals surface area contributed by atoms with E-state index in [-0.39, 0.29) is 5.91 Å². The van der Waals surface area contributed by atoms with Crippen molar-refractivity contribution in [1.29, 1.82) is 0 Å². The number of hydrogen-bond donors (Lipinski definition) is 1. The highest BCUT2D eigenvalue weighted by Gasteiger charge is 2.23. The van der Waals surface area contributed by atoms with Gasteiger partial charge >= 0.3 is 0 Å². The topological polar surface area (TPSA) is 59.8 Å². The summed E-state index contributed by atoms with van der Waals surface area (Å²) in [5.41, 5.74) is 3.95. The van der Waals surface area contributed by atoms with E-state index in [1.54, 1.807) is 17.1 Å². The third-order valence-corrected chi connectivity index (χ3v) is 4.99. The Bertz CT molecular complexity index is 1020. The molecule has 0 bridgehead atoms. The molecule has 0 aliphatic heterocycles. The van der Waals surface area contributed by atoms with Crippen LogP contribution in [0.3, 0.4) is 0 Å². The van der Waals surface area contributed by atoms with Crippen molar-refractivity contribution in [3.63, 3.8) is 0 Å². The average Bonchev–Trinajstić information content (AvgIpc) is 3.36. The number of rotatable bonds is 5. The van der Waals surface area contributed by atoms with Gasteiger partial charge in [0.25, 0.3) is 5.91 Å². The Balaban J connectivity index is 1.58. The molecule has 0 saturated carbocycles. The molecule has 1 amide bonds. The maximum Gasteiger partial charge on any atom is 0.255 e. The molecule has 1 atom stereocenters. The summed E-state index contributed by atoms with van der Waals surface area (Å²) in [6.45, 7) is 2.05. The standard InChI is InChI=1S/C21H18N4OS/c1-15-8-10-16(11-9-15)18-14-27-21(23-18)24-20(26)19(25-13-5-12-22-25)17-6-3-2-4-7-17/h2-14,19H,1H3,(H,23,24,26). The molecule has 27 heavy (non-hydrogen) atoms. The Morgan fingerprint density at radius 3 is 2.56 bits per heavy atom. The van der Waals surface area contributed by atoms with Crippen LogP contribution in [0.15, 0.2) is 78.4 Å². The zero-order valence-electron chi connectivity index (χ0n) is 14.7. The summed E-state index contributed by atoms with van der Waals surface area (Å²) < 4.78 is 1.65. The summed E-state index contributed by atoms with van der Waals surface area (Å²) in [6, 6.07) is 19.0. The number of nitrogens with one attached hydrogen (secondary N) is 1. The largest absolute Gasteiger partial charge is 0.300 e. The van der Waals surface area contributed by atoms with Gasteiger partial charge in [-0.15, -0.1) is 11.3 Å². The summed E-state index contributed by atoms with van der Waals surface area (Å²) in [5, 5.41) is 9.72. The fraction of sp³-hybridized carbons (Fsp3) is 0.0952. The summed E-state index contributed by atoms with van der Waals surface area (Å²) in [5.74, 6) is -0.172. The van der Waals surface area contributed by atoms with Crippen molar-refractivity contribution >= 4 is 22.4 Å². The highest BCUT2D eigenvalue weighted by atomic mass is 32.1. The van der Waals surface area contributed by atoms with Crippen molar-refractivity contribution in [2.45, 2.75) is 13.0 Å². The molecule has 2 aromatic carbocycles. The van der Waals surface area contributed by atoms with E-state index < -0.39 is 6.04 Å². The molecule has 0 saturated heterocycles. The van der Waals surface area contributed by atoms with E-state index in [2.05, 4.69) is 34.5 Å². The minimum absolute atomic E-state index is 0.172. The highest BCUT2D eigenvalue weighted by Crippen LogP contribution is 2.27.